The quantitative estimate of drug-likeness (QED) is 0.569. The molecule has 1 aromatic rings. The summed E-state index contributed by atoms with van der Waals surface area (Å²) in [5.74, 6) is 0.423. The molecular formula is C11H13BrS. The summed E-state index contributed by atoms with van der Waals surface area (Å²) in [5, 5.41) is 0. The van der Waals surface area contributed by atoms with Gasteiger partial charge in [-0.05, 0) is 45.8 Å². The molecule has 0 aliphatic carbocycles. The molecule has 0 amide bonds. The average Bonchev–Trinajstić information content (AvgIpc) is 2.16. The van der Waals surface area contributed by atoms with E-state index in [1.54, 1.807) is 11.8 Å². The van der Waals surface area contributed by atoms with Crippen LogP contribution in [-0.2, 0) is 0 Å². The Morgan fingerprint density at radius 2 is 2.23 bits per heavy atom. The van der Waals surface area contributed by atoms with Crippen LogP contribution in [0, 0.1) is 0 Å². The van der Waals surface area contributed by atoms with Gasteiger partial charge in [0.2, 0.25) is 0 Å². The normalized spacial score (nSPS) is 12.5. The SMILES string of the molecule is C=CC(C)c1ccc(SC)c(Br)c1. The third-order valence-electron chi connectivity index (χ3n) is 2.06. The fraction of sp³-hybridized carbons (Fsp3) is 0.273. The number of benzene rings is 1. The predicted molar refractivity (Wildman–Crippen MR) is 64.5 cm³/mol. The molecule has 70 valence electrons. The highest BCUT2D eigenvalue weighted by Crippen LogP contribution is 2.29. The van der Waals surface area contributed by atoms with Crippen molar-refractivity contribution in [3.05, 3.63) is 40.9 Å². The Hall–Kier alpha value is -0.210. The molecule has 1 aromatic carbocycles. The van der Waals surface area contributed by atoms with Crippen LogP contribution in [0.3, 0.4) is 0 Å². The van der Waals surface area contributed by atoms with E-state index in [0.717, 1.165) is 0 Å². The number of hydrogen-bond acceptors (Lipinski definition) is 1. The van der Waals surface area contributed by atoms with E-state index >= 15 is 0 Å². The Morgan fingerprint density at radius 3 is 2.69 bits per heavy atom. The van der Waals surface area contributed by atoms with Crippen LogP contribution in [0.15, 0.2) is 40.2 Å². The van der Waals surface area contributed by atoms with Gasteiger partial charge in [0, 0.05) is 9.37 Å². The minimum Gasteiger partial charge on any atom is -0.128 e. The molecule has 0 fully saturated rings. The highest BCUT2D eigenvalue weighted by atomic mass is 79.9. The second kappa shape index (κ2) is 4.87. The maximum absolute atomic E-state index is 3.79. The van der Waals surface area contributed by atoms with Crippen LogP contribution >= 0.6 is 27.7 Å². The molecule has 0 bridgehead atoms. The largest absolute Gasteiger partial charge is 0.128 e. The molecule has 0 aliphatic rings. The summed E-state index contributed by atoms with van der Waals surface area (Å²) in [7, 11) is 0. The van der Waals surface area contributed by atoms with Gasteiger partial charge in [-0.2, -0.15) is 0 Å². The highest BCUT2D eigenvalue weighted by molar-refractivity contribution is 9.10. The van der Waals surface area contributed by atoms with Gasteiger partial charge in [-0.15, -0.1) is 18.3 Å². The summed E-state index contributed by atoms with van der Waals surface area (Å²) >= 11 is 5.30. The van der Waals surface area contributed by atoms with Crippen LogP contribution in [0.4, 0.5) is 0 Å². The van der Waals surface area contributed by atoms with Gasteiger partial charge in [0.1, 0.15) is 0 Å². The topological polar surface area (TPSA) is 0 Å². The Labute approximate surface area is 92.6 Å². The van der Waals surface area contributed by atoms with Crippen molar-refractivity contribution < 1.29 is 0 Å². The van der Waals surface area contributed by atoms with Crippen molar-refractivity contribution in [1.82, 2.24) is 0 Å². The lowest BCUT2D eigenvalue weighted by molar-refractivity contribution is 0.965. The summed E-state index contributed by atoms with van der Waals surface area (Å²) in [4.78, 5) is 1.28. The second-order valence-electron chi connectivity index (χ2n) is 2.92. The number of hydrogen-bond donors (Lipinski definition) is 0. The van der Waals surface area contributed by atoms with E-state index in [1.807, 2.05) is 6.08 Å². The zero-order chi connectivity index (χ0) is 9.84. The molecule has 0 radical (unpaired) electrons. The zero-order valence-corrected chi connectivity index (χ0v) is 10.3. The smallest absolute Gasteiger partial charge is 0.0314 e. The van der Waals surface area contributed by atoms with Gasteiger partial charge in [-0.25, -0.2) is 0 Å². The van der Waals surface area contributed by atoms with Gasteiger partial charge < -0.3 is 0 Å². The molecule has 0 saturated heterocycles. The van der Waals surface area contributed by atoms with Crippen LogP contribution in [-0.4, -0.2) is 6.26 Å². The van der Waals surface area contributed by atoms with Crippen molar-refractivity contribution in [1.29, 1.82) is 0 Å². The standard InChI is InChI=1S/C11H13BrS/c1-4-8(2)9-5-6-11(13-3)10(12)7-9/h4-8H,1H2,2-3H3. The molecule has 13 heavy (non-hydrogen) atoms. The van der Waals surface area contributed by atoms with Crippen molar-refractivity contribution in [2.45, 2.75) is 17.7 Å². The zero-order valence-electron chi connectivity index (χ0n) is 7.88. The average molecular weight is 257 g/mol. The molecule has 1 unspecified atom stereocenters. The van der Waals surface area contributed by atoms with Crippen molar-refractivity contribution in [2.24, 2.45) is 0 Å². The van der Waals surface area contributed by atoms with E-state index in [-0.39, 0.29) is 0 Å². The van der Waals surface area contributed by atoms with E-state index in [9.17, 15) is 0 Å². The molecule has 0 nitrogen and oxygen atoms in total. The molecule has 1 rings (SSSR count). The van der Waals surface area contributed by atoms with Gasteiger partial charge in [0.05, 0.1) is 0 Å². The monoisotopic (exact) mass is 256 g/mol. The molecule has 0 N–H and O–H groups in total. The van der Waals surface area contributed by atoms with Crippen molar-refractivity contribution in [3.63, 3.8) is 0 Å². The molecule has 0 heterocycles. The third kappa shape index (κ3) is 2.61. The van der Waals surface area contributed by atoms with Crippen molar-refractivity contribution >= 4 is 27.7 Å². The molecule has 0 aliphatic heterocycles. The van der Waals surface area contributed by atoms with E-state index in [1.165, 1.54) is 14.9 Å². The third-order valence-corrected chi connectivity index (χ3v) is 3.77. The first kappa shape index (κ1) is 10.9. The van der Waals surface area contributed by atoms with E-state index in [4.69, 9.17) is 0 Å². The summed E-state index contributed by atoms with van der Waals surface area (Å²) in [6.07, 6.45) is 4.04. The molecule has 0 saturated carbocycles. The minimum absolute atomic E-state index is 0.423. The van der Waals surface area contributed by atoms with Crippen LogP contribution < -0.4 is 0 Å². The van der Waals surface area contributed by atoms with Gasteiger partial charge >= 0.3 is 0 Å². The lowest BCUT2D eigenvalue weighted by atomic mass is 10.0. The van der Waals surface area contributed by atoms with Crippen LogP contribution in [0.5, 0.6) is 0 Å². The first-order chi connectivity index (χ1) is 6.19. The summed E-state index contributed by atoms with van der Waals surface area (Å²) in [6, 6.07) is 6.46. The number of thioether (sulfide) groups is 1. The summed E-state index contributed by atoms with van der Waals surface area (Å²) < 4.78 is 1.17. The van der Waals surface area contributed by atoms with Crippen molar-refractivity contribution in [3.8, 4) is 0 Å². The first-order valence-electron chi connectivity index (χ1n) is 4.15. The summed E-state index contributed by atoms with van der Waals surface area (Å²) in [6.45, 7) is 5.94. The van der Waals surface area contributed by atoms with Gasteiger partial charge in [-0.3, -0.25) is 0 Å². The molecule has 2 heteroatoms. The molecule has 0 spiro atoms. The van der Waals surface area contributed by atoms with Crippen LogP contribution in [0.1, 0.15) is 18.4 Å². The fourth-order valence-corrected chi connectivity index (χ4v) is 2.44. The number of halogens is 1. The van der Waals surface area contributed by atoms with Crippen LogP contribution in [0.2, 0.25) is 0 Å². The molecule has 0 aromatic heterocycles. The van der Waals surface area contributed by atoms with Gasteiger partial charge in [-0.1, -0.05) is 19.1 Å². The predicted octanol–water partition coefficient (Wildman–Crippen LogP) is 4.46. The van der Waals surface area contributed by atoms with E-state index in [0.29, 0.717) is 5.92 Å². The number of allylic oxidation sites excluding steroid dienone is 1. The van der Waals surface area contributed by atoms with Crippen LogP contribution in [0.25, 0.3) is 0 Å². The lowest BCUT2D eigenvalue weighted by Crippen LogP contribution is -1.88. The molecular weight excluding hydrogens is 244 g/mol. The van der Waals surface area contributed by atoms with E-state index < -0.39 is 0 Å². The minimum atomic E-state index is 0.423. The second-order valence-corrected chi connectivity index (χ2v) is 4.62. The van der Waals surface area contributed by atoms with E-state index in [2.05, 4.69) is 53.9 Å². The Bertz CT molecular complexity index is 307. The van der Waals surface area contributed by atoms with Gasteiger partial charge in [0.15, 0.2) is 0 Å². The summed E-state index contributed by atoms with van der Waals surface area (Å²) in [5.41, 5.74) is 1.31. The maximum Gasteiger partial charge on any atom is 0.0314 e. The van der Waals surface area contributed by atoms with Gasteiger partial charge in [0.25, 0.3) is 0 Å². The molecule has 1 atom stereocenters. The maximum atomic E-state index is 3.79. The number of rotatable bonds is 3. The first-order valence-corrected chi connectivity index (χ1v) is 6.16. The fourth-order valence-electron chi connectivity index (χ4n) is 1.10. The lowest BCUT2D eigenvalue weighted by Gasteiger charge is -2.08. The highest BCUT2D eigenvalue weighted by Gasteiger charge is 2.03. The Kier molecular flexibility index (Phi) is 4.07. The Morgan fingerprint density at radius 1 is 1.54 bits per heavy atom. The van der Waals surface area contributed by atoms with Crippen molar-refractivity contribution in [2.75, 3.05) is 6.26 Å². The Balaban J connectivity index is 3.02.